The zero-order valence-corrected chi connectivity index (χ0v) is 18.6. The molecule has 28 heavy (non-hydrogen) atoms. The first-order valence-electron chi connectivity index (χ1n) is 9.47. The second-order valence-electron chi connectivity index (χ2n) is 6.56. The van der Waals surface area contributed by atoms with Gasteiger partial charge in [-0.1, -0.05) is 34.5 Å². The summed E-state index contributed by atoms with van der Waals surface area (Å²) in [5.74, 6) is 1.50. The van der Waals surface area contributed by atoms with Gasteiger partial charge in [-0.25, -0.2) is 0 Å². The molecule has 3 rings (SSSR count). The van der Waals surface area contributed by atoms with Gasteiger partial charge in [0.2, 0.25) is 0 Å². The molecule has 0 radical (unpaired) electrons. The maximum Gasteiger partial charge on any atom is 0.166 e. The molecule has 7 heteroatoms. The summed E-state index contributed by atoms with van der Waals surface area (Å²) in [4.78, 5) is 2.26. The average Bonchev–Trinajstić information content (AvgIpc) is 2.71. The Kier molecular flexibility index (Phi) is 7.71. The molecule has 0 spiro atoms. The van der Waals surface area contributed by atoms with Gasteiger partial charge in [0.15, 0.2) is 11.5 Å². The molecule has 1 fully saturated rings. The van der Waals surface area contributed by atoms with E-state index in [0.29, 0.717) is 13.2 Å². The zero-order valence-electron chi connectivity index (χ0n) is 16.3. The Morgan fingerprint density at radius 3 is 2.68 bits per heavy atom. The highest BCUT2D eigenvalue weighted by molar-refractivity contribution is 9.10. The highest BCUT2D eigenvalue weighted by Gasteiger charge is 2.15. The maximum atomic E-state index is 6.54. The fourth-order valence-corrected chi connectivity index (χ4v) is 3.93. The number of nitrogens with one attached hydrogen (secondary N) is 1. The number of hydrogen-bond acceptors (Lipinski definition) is 5. The van der Waals surface area contributed by atoms with E-state index in [1.807, 2.05) is 18.2 Å². The molecule has 1 heterocycles. The fourth-order valence-electron chi connectivity index (χ4n) is 3.15. The summed E-state index contributed by atoms with van der Waals surface area (Å²) in [6, 6.07) is 10.0. The quantitative estimate of drug-likeness (QED) is 0.564. The first-order chi connectivity index (χ1) is 13.6. The van der Waals surface area contributed by atoms with E-state index in [1.165, 1.54) is 0 Å². The first kappa shape index (κ1) is 21.1. The van der Waals surface area contributed by atoms with E-state index in [1.54, 1.807) is 7.11 Å². The van der Waals surface area contributed by atoms with E-state index in [2.05, 4.69) is 45.2 Å². The van der Waals surface area contributed by atoms with Crippen LogP contribution in [0.15, 0.2) is 34.8 Å². The molecule has 152 valence electrons. The normalized spacial score (nSPS) is 14.1. The van der Waals surface area contributed by atoms with Gasteiger partial charge in [-0.3, -0.25) is 0 Å². The molecule has 0 aromatic heterocycles. The lowest BCUT2D eigenvalue weighted by Gasteiger charge is -2.29. The molecule has 0 saturated carbocycles. The van der Waals surface area contributed by atoms with Crippen molar-refractivity contribution in [2.24, 2.45) is 0 Å². The predicted octanol–water partition coefficient (Wildman–Crippen LogP) is 5.35. The van der Waals surface area contributed by atoms with E-state index in [-0.39, 0.29) is 0 Å². The van der Waals surface area contributed by atoms with Crippen molar-refractivity contribution in [1.82, 2.24) is 0 Å². The summed E-state index contributed by atoms with van der Waals surface area (Å²) in [6.45, 7) is 6.53. The summed E-state index contributed by atoms with van der Waals surface area (Å²) in [6.07, 6.45) is 0.935. The van der Waals surface area contributed by atoms with Crippen molar-refractivity contribution >= 4 is 38.9 Å². The Labute approximate surface area is 180 Å². The number of rotatable bonds is 8. The van der Waals surface area contributed by atoms with Gasteiger partial charge < -0.3 is 24.4 Å². The third-order valence-corrected chi connectivity index (χ3v) is 5.31. The van der Waals surface area contributed by atoms with Crippen LogP contribution in [0.1, 0.15) is 18.9 Å². The van der Waals surface area contributed by atoms with Crippen molar-refractivity contribution in [3.8, 4) is 11.5 Å². The molecule has 1 aliphatic rings. The molecule has 0 aliphatic carbocycles. The minimum absolute atomic E-state index is 0.599. The van der Waals surface area contributed by atoms with E-state index in [0.717, 1.165) is 70.7 Å². The Balaban J connectivity index is 1.74. The van der Waals surface area contributed by atoms with Gasteiger partial charge in [0.25, 0.3) is 0 Å². The molecule has 1 saturated heterocycles. The van der Waals surface area contributed by atoms with Crippen LogP contribution < -0.4 is 19.7 Å². The lowest BCUT2D eigenvalue weighted by molar-refractivity contribution is 0.122. The van der Waals surface area contributed by atoms with Crippen molar-refractivity contribution in [2.75, 3.05) is 50.2 Å². The van der Waals surface area contributed by atoms with Crippen LogP contribution in [0.3, 0.4) is 0 Å². The summed E-state index contributed by atoms with van der Waals surface area (Å²) >= 11 is 10.1. The van der Waals surface area contributed by atoms with Crippen LogP contribution in [0.2, 0.25) is 5.02 Å². The van der Waals surface area contributed by atoms with Gasteiger partial charge in [0.1, 0.15) is 0 Å². The number of nitrogens with zero attached hydrogens (tertiary/aromatic N) is 1. The second kappa shape index (κ2) is 10.2. The van der Waals surface area contributed by atoms with E-state index in [9.17, 15) is 0 Å². The summed E-state index contributed by atoms with van der Waals surface area (Å²) < 4.78 is 17.8. The highest BCUT2D eigenvalue weighted by atomic mass is 79.9. The SMILES string of the molecule is CCCOc1c(CNc2ccc(N3CCOCC3)c(Cl)c2)cc(Br)cc1OC. The average molecular weight is 470 g/mol. The van der Waals surface area contributed by atoms with Gasteiger partial charge in [-0.15, -0.1) is 0 Å². The second-order valence-corrected chi connectivity index (χ2v) is 7.89. The number of ether oxygens (including phenoxy) is 3. The summed E-state index contributed by atoms with van der Waals surface area (Å²) in [7, 11) is 1.65. The molecule has 0 unspecified atom stereocenters. The Morgan fingerprint density at radius 2 is 2.00 bits per heavy atom. The van der Waals surface area contributed by atoms with E-state index >= 15 is 0 Å². The largest absolute Gasteiger partial charge is 0.493 e. The molecule has 0 atom stereocenters. The van der Waals surface area contributed by atoms with E-state index in [4.69, 9.17) is 25.8 Å². The summed E-state index contributed by atoms with van der Waals surface area (Å²) in [5, 5.41) is 4.18. The van der Waals surface area contributed by atoms with Crippen molar-refractivity contribution in [1.29, 1.82) is 0 Å². The van der Waals surface area contributed by atoms with Crippen molar-refractivity contribution in [3.05, 3.63) is 45.4 Å². The maximum absolute atomic E-state index is 6.54. The Morgan fingerprint density at radius 1 is 1.21 bits per heavy atom. The molecule has 2 aromatic rings. The predicted molar refractivity (Wildman–Crippen MR) is 118 cm³/mol. The van der Waals surface area contributed by atoms with Crippen LogP contribution >= 0.6 is 27.5 Å². The monoisotopic (exact) mass is 468 g/mol. The Bertz CT molecular complexity index is 797. The van der Waals surface area contributed by atoms with Crippen LogP contribution in [0, 0.1) is 0 Å². The molecule has 0 amide bonds. The first-order valence-corrected chi connectivity index (χ1v) is 10.6. The van der Waals surface area contributed by atoms with Gasteiger partial charge in [-0.05, 0) is 36.8 Å². The van der Waals surface area contributed by atoms with Crippen LogP contribution in [-0.4, -0.2) is 40.0 Å². The standard InChI is InChI=1S/C21H26BrClN2O3/c1-3-8-28-21-15(11-16(22)12-20(21)26-2)14-24-17-4-5-19(18(23)13-17)25-6-9-27-10-7-25/h4-5,11-13,24H,3,6-10,14H2,1-2H3. The molecular formula is C21H26BrClN2O3. The molecule has 5 nitrogen and oxygen atoms in total. The van der Waals surface area contributed by atoms with Crippen molar-refractivity contribution in [2.45, 2.75) is 19.9 Å². The molecular weight excluding hydrogens is 444 g/mol. The number of halogens is 2. The zero-order chi connectivity index (χ0) is 19.9. The topological polar surface area (TPSA) is 43.0 Å². The minimum atomic E-state index is 0.599. The van der Waals surface area contributed by atoms with Crippen LogP contribution in [0.5, 0.6) is 11.5 Å². The third-order valence-electron chi connectivity index (χ3n) is 4.55. The number of benzene rings is 2. The van der Waals surface area contributed by atoms with Crippen LogP contribution in [0.25, 0.3) is 0 Å². The van der Waals surface area contributed by atoms with E-state index < -0.39 is 0 Å². The number of hydrogen-bond donors (Lipinski definition) is 1. The molecule has 0 bridgehead atoms. The highest BCUT2D eigenvalue weighted by Crippen LogP contribution is 2.36. The molecule has 1 aliphatic heterocycles. The Hall–Kier alpha value is -1.63. The fraction of sp³-hybridized carbons (Fsp3) is 0.429. The number of methoxy groups -OCH3 is 1. The molecule has 1 N–H and O–H groups in total. The lowest BCUT2D eigenvalue weighted by Crippen LogP contribution is -2.36. The van der Waals surface area contributed by atoms with Gasteiger partial charge in [0, 0.05) is 35.4 Å². The minimum Gasteiger partial charge on any atom is -0.493 e. The van der Waals surface area contributed by atoms with Gasteiger partial charge >= 0.3 is 0 Å². The van der Waals surface area contributed by atoms with Gasteiger partial charge in [-0.2, -0.15) is 0 Å². The lowest BCUT2D eigenvalue weighted by atomic mass is 10.1. The van der Waals surface area contributed by atoms with Crippen molar-refractivity contribution in [3.63, 3.8) is 0 Å². The smallest absolute Gasteiger partial charge is 0.166 e. The van der Waals surface area contributed by atoms with Crippen LogP contribution in [-0.2, 0) is 11.3 Å². The number of anilines is 2. The summed E-state index contributed by atoms with van der Waals surface area (Å²) in [5.41, 5.74) is 3.03. The van der Waals surface area contributed by atoms with Crippen molar-refractivity contribution < 1.29 is 14.2 Å². The van der Waals surface area contributed by atoms with Crippen LogP contribution in [0.4, 0.5) is 11.4 Å². The third kappa shape index (κ3) is 5.25. The molecule has 2 aromatic carbocycles. The van der Waals surface area contributed by atoms with Gasteiger partial charge in [0.05, 0.1) is 37.6 Å². The number of morpholine rings is 1.